The lowest BCUT2D eigenvalue weighted by Gasteiger charge is -2.00. The fourth-order valence-corrected chi connectivity index (χ4v) is 1.71. The van der Waals surface area contributed by atoms with Crippen molar-refractivity contribution in [3.8, 4) is 0 Å². The molecule has 0 radical (unpaired) electrons. The molecule has 1 aromatic rings. The predicted octanol–water partition coefficient (Wildman–Crippen LogP) is 1.10. The molecule has 5 heteroatoms. The van der Waals surface area contributed by atoms with Gasteiger partial charge in [0, 0.05) is 12.0 Å². The molecule has 1 aromatic carbocycles. The minimum Gasteiger partial charge on any atom is -0.478 e. The van der Waals surface area contributed by atoms with Crippen LogP contribution in [0.2, 0.25) is 0 Å². The molecular formula is C9H10O4S. The van der Waals surface area contributed by atoms with Crippen LogP contribution in [0.3, 0.4) is 0 Å². The minimum absolute atomic E-state index is 0.117. The van der Waals surface area contributed by atoms with Crippen molar-refractivity contribution in [1.29, 1.82) is 0 Å². The van der Waals surface area contributed by atoms with Gasteiger partial charge in [-0.1, -0.05) is 0 Å². The number of rotatable bonds is 4. The lowest BCUT2D eigenvalue weighted by molar-refractivity contribution is 0.0697. The van der Waals surface area contributed by atoms with Crippen LogP contribution in [-0.2, 0) is 15.5 Å². The average molecular weight is 214 g/mol. The van der Waals surface area contributed by atoms with Crippen molar-refractivity contribution < 1.29 is 18.8 Å². The second-order valence-electron chi connectivity index (χ2n) is 2.58. The number of benzene rings is 1. The van der Waals surface area contributed by atoms with Crippen LogP contribution in [0, 0.1) is 0 Å². The summed E-state index contributed by atoms with van der Waals surface area (Å²) in [4.78, 5) is 11.1. The molecule has 0 amide bonds. The summed E-state index contributed by atoms with van der Waals surface area (Å²) in [5, 5.41) is 8.62. The smallest absolute Gasteiger partial charge is 0.335 e. The van der Waals surface area contributed by atoms with E-state index in [4.69, 9.17) is 9.84 Å². The van der Waals surface area contributed by atoms with Crippen LogP contribution in [0.15, 0.2) is 29.2 Å². The van der Waals surface area contributed by atoms with E-state index >= 15 is 0 Å². The van der Waals surface area contributed by atoms with Crippen molar-refractivity contribution in [2.24, 2.45) is 0 Å². The van der Waals surface area contributed by atoms with Gasteiger partial charge < -0.3 is 9.84 Å². The molecule has 0 heterocycles. The number of aromatic carboxylic acids is 1. The van der Waals surface area contributed by atoms with Crippen molar-refractivity contribution in [2.75, 3.05) is 13.0 Å². The zero-order valence-electron chi connectivity index (χ0n) is 7.60. The van der Waals surface area contributed by atoms with Crippen molar-refractivity contribution in [2.45, 2.75) is 4.90 Å². The summed E-state index contributed by atoms with van der Waals surface area (Å²) in [7, 11) is 0.242. The lowest BCUT2D eigenvalue weighted by Crippen LogP contribution is -2.01. The molecule has 0 aromatic heterocycles. The van der Waals surface area contributed by atoms with Gasteiger partial charge in [-0.05, 0) is 24.3 Å². The average Bonchev–Trinajstić information content (AvgIpc) is 2.18. The van der Waals surface area contributed by atoms with Crippen molar-refractivity contribution >= 4 is 16.8 Å². The molecule has 0 bridgehead atoms. The van der Waals surface area contributed by atoms with Gasteiger partial charge in [0.25, 0.3) is 0 Å². The first kappa shape index (κ1) is 10.9. The highest BCUT2D eigenvalue weighted by Gasteiger charge is 2.05. The van der Waals surface area contributed by atoms with Crippen molar-refractivity contribution in [3.05, 3.63) is 29.8 Å². The van der Waals surface area contributed by atoms with Crippen LogP contribution in [-0.4, -0.2) is 28.3 Å². The molecule has 0 spiro atoms. The molecule has 0 aliphatic heterocycles. The molecule has 76 valence electrons. The van der Waals surface area contributed by atoms with Gasteiger partial charge >= 0.3 is 5.97 Å². The highest BCUT2D eigenvalue weighted by Crippen LogP contribution is 2.09. The maximum Gasteiger partial charge on any atom is 0.335 e. The zero-order chi connectivity index (χ0) is 10.6. The molecule has 0 aliphatic rings. The standard InChI is InChI=1S/C9H10O4S/c1-13-6-14(12)8-4-2-7(3-5-8)9(10)11/h2-5H,6H2,1H3,(H,10,11). The summed E-state index contributed by atoms with van der Waals surface area (Å²) in [6, 6.07) is 5.90. The summed E-state index contributed by atoms with van der Waals surface area (Å²) in [5.74, 6) is -0.874. The predicted molar refractivity (Wildman–Crippen MR) is 51.7 cm³/mol. The van der Waals surface area contributed by atoms with E-state index in [1.165, 1.54) is 31.4 Å². The molecule has 1 N–H and O–H groups in total. The van der Waals surface area contributed by atoms with Crippen LogP contribution in [0.4, 0.5) is 0 Å². The van der Waals surface area contributed by atoms with E-state index in [-0.39, 0.29) is 11.5 Å². The molecule has 0 fully saturated rings. The van der Waals surface area contributed by atoms with E-state index in [0.717, 1.165) is 0 Å². The van der Waals surface area contributed by atoms with Gasteiger partial charge in [-0.2, -0.15) is 0 Å². The van der Waals surface area contributed by atoms with Gasteiger partial charge in [-0.15, -0.1) is 0 Å². The van der Waals surface area contributed by atoms with Crippen molar-refractivity contribution in [1.82, 2.24) is 0 Å². The summed E-state index contributed by atoms with van der Waals surface area (Å²) >= 11 is 0. The van der Waals surface area contributed by atoms with E-state index < -0.39 is 16.8 Å². The molecule has 1 atom stereocenters. The molecule has 0 saturated carbocycles. The fourth-order valence-electron chi connectivity index (χ4n) is 0.924. The van der Waals surface area contributed by atoms with E-state index in [9.17, 15) is 9.00 Å². The number of ether oxygens (including phenoxy) is 1. The van der Waals surface area contributed by atoms with E-state index in [1.807, 2.05) is 0 Å². The molecule has 4 nitrogen and oxygen atoms in total. The van der Waals surface area contributed by atoms with Gasteiger partial charge in [0.1, 0.15) is 5.94 Å². The number of carboxylic acid groups (broad SMARTS) is 1. The maximum absolute atomic E-state index is 11.4. The fraction of sp³-hybridized carbons (Fsp3) is 0.222. The Balaban J connectivity index is 2.83. The van der Waals surface area contributed by atoms with Gasteiger partial charge in [-0.25, -0.2) is 4.79 Å². The van der Waals surface area contributed by atoms with Gasteiger partial charge in [0.05, 0.1) is 16.4 Å². The van der Waals surface area contributed by atoms with Crippen molar-refractivity contribution in [3.63, 3.8) is 0 Å². The summed E-state index contributed by atoms with van der Waals surface area (Å²) in [5.41, 5.74) is 0.183. The monoisotopic (exact) mass is 214 g/mol. The Kier molecular flexibility index (Phi) is 3.79. The number of hydrogen-bond donors (Lipinski definition) is 1. The first-order valence-corrected chi connectivity index (χ1v) is 5.17. The third kappa shape index (κ3) is 2.65. The van der Waals surface area contributed by atoms with E-state index in [1.54, 1.807) is 0 Å². The second-order valence-corrected chi connectivity index (χ2v) is 3.98. The Bertz CT molecular complexity index is 344. The highest BCUT2D eigenvalue weighted by atomic mass is 32.2. The van der Waals surface area contributed by atoms with Gasteiger partial charge in [0.2, 0.25) is 0 Å². The van der Waals surface area contributed by atoms with Crippen LogP contribution in [0.25, 0.3) is 0 Å². The summed E-state index contributed by atoms with van der Waals surface area (Å²) in [6.45, 7) is 0. The number of methoxy groups -OCH3 is 1. The summed E-state index contributed by atoms with van der Waals surface area (Å²) < 4.78 is 16.1. The van der Waals surface area contributed by atoms with Crippen LogP contribution in [0.1, 0.15) is 10.4 Å². The Morgan fingerprint density at radius 3 is 2.43 bits per heavy atom. The van der Waals surface area contributed by atoms with Crippen LogP contribution >= 0.6 is 0 Å². The normalized spacial score (nSPS) is 12.4. The van der Waals surface area contributed by atoms with Crippen LogP contribution in [0.5, 0.6) is 0 Å². The third-order valence-corrected chi connectivity index (χ3v) is 2.84. The van der Waals surface area contributed by atoms with Gasteiger partial charge in [-0.3, -0.25) is 4.21 Å². The Labute approximate surface area is 84.0 Å². The topological polar surface area (TPSA) is 63.6 Å². The SMILES string of the molecule is COCS(=O)c1ccc(C(=O)O)cc1. The van der Waals surface area contributed by atoms with E-state index in [0.29, 0.717) is 4.90 Å². The largest absolute Gasteiger partial charge is 0.478 e. The second kappa shape index (κ2) is 4.88. The zero-order valence-corrected chi connectivity index (χ0v) is 8.41. The lowest BCUT2D eigenvalue weighted by atomic mass is 10.2. The molecular weight excluding hydrogens is 204 g/mol. The molecule has 0 aliphatic carbocycles. The maximum atomic E-state index is 11.4. The molecule has 14 heavy (non-hydrogen) atoms. The molecule has 1 rings (SSSR count). The number of carboxylic acids is 1. The first-order chi connectivity index (χ1) is 6.65. The Hall–Kier alpha value is -1.20. The highest BCUT2D eigenvalue weighted by molar-refractivity contribution is 7.84. The Morgan fingerprint density at radius 2 is 2.00 bits per heavy atom. The minimum atomic E-state index is -1.22. The van der Waals surface area contributed by atoms with E-state index in [2.05, 4.69) is 0 Å². The molecule has 0 saturated heterocycles. The van der Waals surface area contributed by atoms with Crippen LogP contribution < -0.4 is 0 Å². The molecule has 1 unspecified atom stereocenters. The number of hydrogen-bond acceptors (Lipinski definition) is 3. The first-order valence-electron chi connectivity index (χ1n) is 3.86. The Morgan fingerprint density at radius 1 is 1.43 bits per heavy atom. The summed E-state index contributed by atoms with van der Waals surface area (Å²) in [6.07, 6.45) is 0. The number of carbonyl (C=O) groups is 1. The third-order valence-electron chi connectivity index (χ3n) is 1.59. The van der Waals surface area contributed by atoms with Gasteiger partial charge in [0.15, 0.2) is 0 Å². The quantitative estimate of drug-likeness (QED) is 0.815.